The lowest BCUT2D eigenvalue weighted by molar-refractivity contribution is -0.126. The summed E-state index contributed by atoms with van der Waals surface area (Å²) in [7, 11) is 0. The van der Waals surface area contributed by atoms with Crippen LogP contribution in [0.4, 0.5) is 0 Å². The third-order valence-electron chi connectivity index (χ3n) is 4.67. The van der Waals surface area contributed by atoms with Crippen LogP contribution in [0, 0.1) is 5.92 Å². The minimum Gasteiger partial charge on any atom is -1.00 e. The highest BCUT2D eigenvalue weighted by Gasteiger charge is 2.27. The molecule has 1 saturated heterocycles. The number of hydrogen-bond donors (Lipinski definition) is 5. The van der Waals surface area contributed by atoms with Crippen LogP contribution in [0.3, 0.4) is 0 Å². The molecule has 1 fully saturated rings. The van der Waals surface area contributed by atoms with Crippen molar-refractivity contribution in [3.8, 4) is 5.75 Å². The second kappa shape index (κ2) is 10.4. The first-order valence-corrected chi connectivity index (χ1v) is 9.05. The summed E-state index contributed by atoms with van der Waals surface area (Å²) in [5, 5.41) is 32.8. The number of phenols is 1. The highest BCUT2D eigenvalue weighted by molar-refractivity contribution is 5.79. The van der Waals surface area contributed by atoms with Gasteiger partial charge in [0, 0.05) is 12.3 Å². The zero-order valence-corrected chi connectivity index (χ0v) is 16.1. The Morgan fingerprint density at radius 1 is 1.25 bits per heavy atom. The number of carbonyl (C=O) groups is 1. The molecule has 2 heterocycles. The Balaban J connectivity index is 0.00000280. The fourth-order valence-electron chi connectivity index (χ4n) is 3.06. The third kappa shape index (κ3) is 5.65. The molecule has 28 heavy (non-hydrogen) atoms. The van der Waals surface area contributed by atoms with Crippen molar-refractivity contribution in [1.82, 2.24) is 20.8 Å². The third-order valence-corrected chi connectivity index (χ3v) is 4.67. The van der Waals surface area contributed by atoms with Crippen molar-refractivity contribution in [3.63, 3.8) is 0 Å². The number of phenolic OH excluding ortho intramolecular Hbond substituents is 1. The van der Waals surface area contributed by atoms with Gasteiger partial charge in [0.15, 0.2) is 0 Å². The largest absolute Gasteiger partial charge is 1.00 e. The molecule has 0 bridgehead atoms. The van der Waals surface area contributed by atoms with Gasteiger partial charge < -0.3 is 43.4 Å². The lowest BCUT2D eigenvalue weighted by atomic mass is 9.96. The average Bonchev–Trinajstić information content (AvgIpc) is 3.19. The highest BCUT2D eigenvalue weighted by Crippen LogP contribution is 2.22. The van der Waals surface area contributed by atoms with Crippen LogP contribution in [0.5, 0.6) is 5.75 Å². The molecule has 0 saturated carbocycles. The van der Waals surface area contributed by atoms with E-state index in [4.69, 9.17) is 15.3 Å². The molecular weight excluding hydrogens is 386 g/mol. The van der Waals surface area contributed by atoms with Gasteiger partial charge in [0.1, 0.15) is 17.8 Å². The van der Waals surface area contributed by atoms with Crippen molar-refractivity contribution in [2.24, 2.45) is 11.7 Å². The Labute approximate surface area is 169 Å². The lowest BCUT2D eigenvalue weighted by Gasteiger charge is -2.24. The van der Waals surface area contributed by atoms with Gasteiger partial charge >= 0.3 is 0 Å². The molecule has 0 radical (unpaired) electrons. The van der Waals surface area contributed by atoms with Gasteiger partial charge in [-0.15, -0.1) is 10.2 Å². The molecular formula is C18H25ClN5O4-. The summed E-state index contributed by atoms with van der Waals surface area (Å²) in [5.41, 5.74) is 6.62. The van der Waals surface area contributed by atoms with Gasteiger partial charge in [-0.2, -0.15) is 0 Å². The molecule has 154 valence electrons. The second-order valence-electron chi connectivity index (χ2n) is 6.72. The number of hydrogen-bond acceptors (Lipinski definition) is 8. The monoisotopic (exact) mass is 410 g/mol. The fraction of sp³-hybridized carbons (Fsp3) is 0.500. The van der Waals surface area contributed by atoms with Crippen LogP contribution in [0.2, 0.25) is 0 Å². The number of rotatable bonds is 7. The van der Waals surface area contributed by atoms with Gasteiger partial charge in [-0.25, -0.2) is 0 Å². The molecule has 1 aliphatic rings. The van der Waals surface area contributed by atoms with Gasteiger partial charge in [0.25, 0.3) is 0 Å². The van der Waals surface area contributed by atoms with Gasteiger partial charge in [-0.3, -0.25) is 4.79 Å². The first-order chi connectivity index (χ1) is 13.1. The number of piperidine rings is 1. The zero-order chi connectivity index (χ0) is 19.2. The number of aliphatic hydroxyl groups excluding tert-OH is 1. The van der Waals surface area contributed by atoms with Gasteiger partial charge in [0.05, 0.1) is 6.61 Å². The average molecular weight is 411 g/mol. The number of nitrogens with two attached hydrogens (primary N) is 1. The SMILES string of the molecule is NC(CO)c1nnc(C(Cc2ccc(O)cc2)NC(=O)C2CCNCC2)o1.[Cl-]. The minimum atomic E-state index is -0.763. The lowest BCUT2D eigenvalue weighted by Crippen LogP contribution is -3.00. The number of aromatic nitrogens is 2. The van der Waals surface area contributed by atoms with E-state index in [0.717, 1.165) is 31.5 Å². The van der Waals surface area contributed by atoms with E-state index in [9.17, 15) is 9.90 Å². The van der Waals surface area contributed by atoms with E-state index >= 15 is 0 Å². The molecule has 2 atom stereocenters. The number of aromatic hydroxyl groups is 1. The maximum Gasteiger partial charge on any atom is 0.239 e. The van der Waals surface area contributed by atoms with E-state index in [1.807, 2.05) is 0 Å². The van der Waals surface area contributed by atoms with Crippen molar-refractivity contribution in [2.75, 3.05) is 19.7 Å². The predicted molar refractivity (Wildman–Crippen MR) is 96.6 cm³/mol. The molecule has 2 unspecified atom stereocenters. The van der Waals surface area contributed by atoms with Crippen LogP contribution >= 0.6 is 0 Å². The molecule has 9 nitrogen and oxygen atoms in total. The van der Waals surface area contributed by atoms with E-state index in [2.05, 4.69) is 20.8 Å². The van der Waals surface area contributed by atoms with Gasteiger partial charge in [-0.1, -0.05) is 12.1 Å². The topological polar surface area (TPSA) is 147 Å². The highest BCUT2D eigenvalue weighted by atomic mass is 35.5. The van der Waals surface area contributed by atoms with Crippen LogP contribution < -0.4 is 28.8 Å². The molecule has 10 heteroatoms. The maximum absolute atomic E-state index is 12.7. The molecule has 1 aliphatic heterocycles. The Kier molecular flexibility index (Phi) is 8.18. The van der Waals surface area contributed by atoms with Crippen LogP contribution in [0.25, 0.3) is 0 Å². The standard InChI is InChI=1S/C18H25N5O4.ClH/c19-14(10-24)17-22-23-18(27-17)15(9-11-1-3-13(25)4-2-11)21-16(26)12-5-7-20-8-6-12;/h1-4,12,14-15,20,24-25H,5-10,19H2,(H,21,26);1H/p-1. The van der Waals surface area contributed by atoms with Crippen LogP contribution in [-0.2, 0) is 11.2 Å². The summed E-state index contributed by atoms with van der Waals surface area (Å²) in [4.78, 5) is 12.7. The number of halogens is 1. The Bertz CT molecular complexity index is 749. The Morgan fingerprint density at radius 3 is 2.54 bits per heavy atom. The first kappa shape index (κ1) is 22.1. The molecule has 1 aromatic carbocycles. The molecule has 0 aliphatic carbocycles. The van der Waals surface area contributed by atoms with Crippen LogP contribution in [-0.4, -0.2) is 46.0 Å². The van der Waals surface area contributed by atoms with E-state index in [-0.39, 0.29) is 48.4 Å². The quantitative estimate of drug-likeness (QED) is 0.328. The summed E-state index contributed by atoms with van der Waals surface area (Å²) in [5.74, 6) is 0.425. The van der Waals surface area contributed by atoms with Crippen molar-refractivity contribution in [2.45, 2.75) is 31.3 Å². The Hall–Kier alpha value is -2.20. The van der Waals surface area contributed by atoms with Crippen LogP contribution in [0.15, 0.2) is 28.7 Å². The number of carbonyl (C=O) groups excluding carboxylic acids is 1. The van der Waals surface area contributed by atoms with Gasteiger partial charge in [0.2, 0.25) is 17.7 Å². The molecule has 6 N–H and O–H groups in total. The minimum absolute atomic E-state index is 0. The summed E-state index contributed by atoms with van der Waals surface area (Å²) in [6.07, 6.45) is 1.98. The number of aliphatic hydroxyl groups is 1. The normalized spacial score (nSPS) is 16.8. The van der Waals surface area contributed by atoms with Crippen molar-refractivity contribution >= 4 is 5.91 Å². The molecule has 0 spiro atoms. The molecule has 3 rings (SSSR count). The summed E-state index contributed by atoms with van der Waals surface area (Å²) >= 11 is 0. The van der Waals surface area contributed by atoms with E-state index < -0.39 is 12.1 Å². The number of nitrogens with one attached hydrogen (secondary N) is 2. The first-order valence-electron chi connectivity index (χ1n) is 9.05. The number of nitrogens with zero attached hydrogens (tertiary/aromatic N) is 2. The van der Waals surface area contributed by atoms with Crippen molar-refractivity contribution in [1.29, 1.82) is 0 Å². The number of amides is 1. The fourth-order valence-corrected chi connectivity index (χ4v) is 3.06. The summed E-state index contributed by atoms with van der Waals surface area (Å²) in [6, 6.07) is 5.43. The van der Waals surface area contributed by atoms with E-state index in [0.29, 0.717) is 6.42 Å². The van der Waals surface area contributed by atoms with E-state index in [1.165, 1.54) is 0 Å². The number of benzene rings is 1. The molecule has 1 amide bonds. The zero-order valence-electron chi connectivity index (χ0n) is 15.3. The Morgan fingerprint density at radius 2 is 1.89 bits per heavy atom. The summed E-state index contributed by atoms with van der Waals surface area (Å²) < 4.78 is 5.60. The van der Waals surface area contributed by atoms with Gasteiger partial charge in [-0.05, 0) is 43.6 Å². The van der Waals surface area contributed by atoms with Crippen LogP contribution in [0.1, 0.15) is 42.3 Å². The summed E-state index contributed by atoms with van der Waals surface area (Å²) in [6.45, 7) is 1.32. The second-order valence-corrected chi connectivity index (χ2v) is 6.72. The maximum atomic E-state index is 12.7. The molecule has 1 aromatic heterocycles. The van der Waals surface area contributed by atoms with Crippen molar-refractivity contribution < 1.29 is 31.8 Å². The predicted octanol–water partition coefficient (Wildman–Crippen LogP) is -2.83. The van der Waals surface area contributed by atoms with Crippen molar-refractivity contribution in [3.05, 3.63) is 41.6 Å². The smallest absolute Gasteiger partial charge is 0.239 e. The van der Waals surface area contributed by atoms with E-state index in [1.54, 1.807) is 24.3 Å². The molecule has 2 aromatic rings.